The SMILES string of the molecule is CCCNC1CCCN(C(C)c2ccc(Cl)cc2Cl)C1. The van der Waals surface area contributed by atoms with E-state index in [2.05, 4.69) is 30.1 Å². The number of piperidine rings is 1. The molecule has 1 N–H and O–H groups in total. The molecule has 1 aromatic carbocycles. The number of benzene rings is 1. The smallest absolute Gasteiger partial charge is 0.0468 e. The monoisotopic (exact) mass is 314 g/mol. The molecule has 112 valence electrons. The highest BCUT2D eigenvalue weighted by atomic mass is 35.5. The fourth-order valence-corrected chi connectivity index (χ4v) is 3.48. The van der Waals surface area contributed by atoms with Gasteiger partial charge in [-0.3, -0.25) is 4.90 Å². The lowest BCUT2D eigenvalue weighted by Gasteiger charge is -2.37. The summed E-state index contributed by atoms with van der Waals surface area (Å²) in [6.07, 6.45) is 3.71. The minimum atomic E-state index is 0.339. The Kier molecular flexibility index (Phi) is 6.16. The molecule has 0 bridgehead atoms. The number of nitrogens with one attached hydrogen (secondary N) is 1. The maximum absolute atomic E-state index is 6.34. The predicted octanol–water partition coefficient (Wildman–Crippen LogP) is 4.52. The van der Waals surface area contributed by atoms with Gasteiger partial charge in [0.2, 0.25) is 0 Å². The summed E-state index contributed by atoms with van der Waals surface area (Å²) in [7, 11) is 0. The van der Waals surface area contributed by atoms with E-state index in [1.54, 1.807) is 0 Å². The Balaban J connectivity index is 2.02. The molecule has 1 saturated heterocycles. The van der Waals surface area contributed by atoms with Gasteiger partial charge in [0, 0.05) is 28.7 Å². The molecule has 0 spiro atoms. The average molecular weight is 315 g/mol. The van der Waals surface area contributed by atoms with E-state index in [-0.39, 0.29) is 0 Å². The van der Waals surface area contributed by atoms with E-state index in [0.29, 0.717) is 17.1 Å². The molecule has 1 aromatic rings. The average Bonchev–Trinajstić information content (AvgIpc) is 2.45. The molecule has 1 fully saturated rings. The third-order valence-corrected chi connectivity index (χ3v) is 4.66. The number of halogens is 2. The fourth-order valence-electron chi connectivity index (χ4n) is 2.91. The lowest BCUT2D eigenvalue weighted by Crippen LogP contribution is -2.46. The van der Waals surface area contributed by atoms with E-state index >= 15 is 0 Å². The largest absolute Gasteiger partial charge is 0.313 e. The second-order valence-electron chi connectivity index (χ2n) is 5.63. The maximum atomic E-state index is 6.34. The van der Waals surface area contributed by atoms with E-state index < -0.39 is 0 Å². The molecule has 1 heterocycles. The zero-order valence-corrected chi connectivity index (χ0v) is 13.8. The van der Waals surface area contributed by atoms with Crippen molar-refractivity contribution in [3.63, 3.8) is 0 Å². The first-order valence-corrected chi connectivity index (χ1v) is 8.29. The van der Waals surface area contributed by atoms with E-state index in [0.717, 1.165) is 24.7 Å². The highest BCUT2D eigenvalue weighted by Crippen LogP contribution is 2.31. The van der Waals surface area contributed by atoms with Crippen molar-refractivity contribution in [2.45, 2.75) is 45.2 Å². The Morgan fingerprint density at radius 2 is 2.20 bits per heavy atom. The third-order valence-electron chi connectivity index (χ3n) is 4.10. The Morgan fingerprint density at radius 1 is 1.40 bits per heavy atom. The summed E-state index contributed by atoms with van der Waals surface area (Å²) in [5.74, 6) is 0. The van der Waals surface area contributed by atoms with Crippen LogP contribution in [0.3, 0.4) is 0 Å². The highest BCUT2D eigenvalue weighted by Gasteiger charge is 2.24. The number of hydrogen-bond acceptors (Lipinski definition) is 2. The van der Waals surface area contributed by atoms with Crippen molar-refractivity contribution in [3.05, 3.63) is 33.8 Å². The third kappa shape index (κ3) is 4.11. The number of hydrogen-bond donors (Lipinski definition) is 1. The lowest BCUT2D eigenvalue weighted by molar-refractivity contribution is 0.146. The predicted molar refractivity (Wildman–Crippen MR) is 87.8 cm³/mol. The first kappa shape index (κ1) is 16.1. The quantitative estimate of drug-likeness (QED) is 0.859. The molecule has 4 heteroatoms. The Labute approximate surface area is 132 Å². The van der Waals surface area contributed by atoms with Gasteiger partial charge in [0.05, 0.1) is 0 Å². The van der Waals surface area contributed by atoms with Crippen molar-refractivity contribution >= 4 is 23.2 Å². The van der Waals surface area contributed by atoms with Gasteiger partial charge in [-0.1, -0.05) is 36.2 Å². The molecule has 0 radical (unpaired) electrons. The van der Waals surface area contributed by atoms with Crippen LogP contribution in [-0.4, -0.2) is 30.6 Å². The Morgan fingerprint density at radius 3 is 2.90 bits per heavy atom. The number of nitrogens with zero attached hydrogens (tertiary/aromatic N) is 1. The van der Waals surface area contributed by atoms with E-state index in [9.17, 15) is 0 Å². The molecule has 20 heavy (non-hydrogen) atoms. The van der Waals surface area contributed by atoms with Gasteiger partial charge in [-0.25, -0.2) is 0 Å². The summed E-state index contributed by atoms with van der Waals surface area (Å²) in [6, 6.07) is 6.77. The molecule has 0 aromatic heterocycles. The van der Waals surface area contributed by atoms with Crippen LogP contribution in [0.2, 0.25) is 10.0 Å². The summed E-state index contributed by atoms with van der Waals surface area (Å²) in [4.78, 5) is 2.52. The molecule has 0 amide bonds. The first-order chi connectivity index (χ1) is 9.61. The van der Waals surface area contributed by atoms with E-state index in [4.69, 9.17) is 23.2 Å². The van der Waals surface area contributed by atoms with Gasteiger partial charge >= 0.3 is 0 Å². The van der Waals surface area contributed by atoms with Gasteiger partial charge < -0.3 is 5.32 Å². The van der Waals surface area contributed by atoms with Gasteiger partial charge in [0.1, 0.15) is 0 Å². The zero-order valence-electron chi connectivity index (χ0n) is 12.3. The van der Waals surface area contributed by atoms with Crippen molar-refractivity contribution in [1.82, 2.24) is 10.2 Å². The van der Waals surface area contributed by atoms with Crippen molar-refractivity contribution in [2.75, 3.05) is 19.6 Å². The standard InChI is InChI=1S/C16H24Cl2N2/c1-3-8-19-14-5-4-9-20(11-14)12(2)15-7-6-13(17)10-16(15)18/h6-7,10,12,14,19H,3-5,8-9,11H2,1-2H3. The minimum Gasteiger partial charge on any atom is -0.313 e. The van der Waals surface area contributed by atoms with E-state index in [1.165, 1.54) is 24.8 Å². The van der Waals surface area contributed by atoms with E-state index in [1.807, 2.05) is 12.1 Å². The summed E-state index contributed by atoms with van der Waals surface area (Å²) >= 11 is 12.3. The van der Waals surface area contributed by atoms with Crippen LogP contribution in [0.5, 0.6) is 0 Å². The number of rotatable bonds is 5. The van der Waals surface area contributed by atoms with Crippen LogP contribution in [-0.2, 0) is 0 Å². The summed E-state index contributed by atoms with van der Waals surface area (Å²) < 4.78 is 0. The second kappa shape index (κ2) is 7.65. The zero-order chi connectivity index (χ0) is 14.5. The van der Waals surface area contributed by atoms with Crippen LogP contribution in [0.4, 0.5) is 0 Å². The summed E-state index contributed by atoms with van der Waals surface area (Å²) in [5, 5.41) is 5.11. The normalized spacial score (nSPS) is 21.9. The van der Waals surface area contributed by atoms with Crippen LogP contribution in [0.25, 0.3) is 0 Å². The molecule has 0 saturated carbocycles. The lowest BCUT2D eigenvalue weighted by atomic mass is 10.0. The molecule has 1 aliphatic heterocycles. The van der Waals surface area contributed by atoms with Gasteiger partial charge in [0.25, 0.3) is 0 Å². The topological polar surface area (TPSA) is 15.3 Å². The molecule has 0 aliphatic carbocycles. The van der Waals surface area contributed by atoms with Crippen molar-refractivity contribution in [2.24, 2.45) is 0 Å². The van der Waals surface area contributed by atoms with Crippen molar-refractivity contribution < 1.29 is 0 Å². The maximum Gasteiger partial charge on any atom is 0.0468 e. The van der Waals surface area contributed by atoms with Gasteiger partial charge in [-0.2, -0.15) is 0 Å². The van der Waals surface area contributed by atoms with Crippen LogP contribution in [0.1, 0.15) is 44.7 Å². The molecule has 2 unspecified atom stereocenters. The Hall–Kier alpha value is -0.280. The Bertz CT molecular complexity index is 436. The summed E-state index contributed by atoms with van der Waals surface area (Å²) in [5.41, 5.74) is 1.17. The first-order valence-electron chi connectivity index (χ1n) is 7.54. The molecule has 2 atom stereocenters. The van der Waals surface area contributed by atoms with Gasteiger partial charge in [0.15, 0.2) is 0 Å². The highest BCUT2D eigenvalue weighted by molar-refractivity contribution is 6.35. The van der Waals surface area contributed by atoms with Crippen LogP contribution in [0, 0.1) is 0 Å². The van der Waals surface area contributed by atoms with Crippen molar-refractivity contribution in [3.8, 4) is 0 Å². The summed E-state index contributed by atoms with van der Waals surface area (Å²) in [6.45, 7) is 7.79. The van der Waals surface area contributed by atoms with Crippen LogP contribution < -0.4 is 5.32 Å². The molecular weight excluding hydrogens is 291 g/mol. The van der Waals surface area contributed by atoms with Crippen LogP contribution >= 0.6 is 23.2 Å². The minimum absolute atomic E-state index is 0.339. The fraction of sp³-hybridized carbons (Fsp3) is 0.625. The molecule has 1 aliphatic rings. The van der Waals surface area contributed by atoms with Crippen molar-refractivity contribution in [1.29, 1.82) is 0 Å². The molecule has 2 rings (SSSR count). The molecule has 2 nitrogen and oxygen atoms in total. The van der Waals surface area contributed by atoms with Crippen LogP contribution in [0.15, 0.2) is 18.2 Å². The second-order valence-corrected chi connectivity index (χ2v) is 6.47. The van der Waals surface area contributed by atoms with Gasteiger partial charge in [-0.15, -0.1) is 0 Å². The van der Waals surface area contributed by atoms with Gasteiger partial charge in [-0.05, 0) is 57.0 Å². The number of likely N-dealkylation sites (tertiary alicyclic amines) is 1. The molecular formula is C16H24Cl2N2.